The molecule has 0 saturated heterocycles. The summed E-state index contributed by atoms with van der Waals surface area (Å²) in [5, 5.41) is 2.71. The Hall–Kier alpha value is -2.38. The van der Waals surface area contributed by atoms with E-state index < -0.39 is 10.0 Å². The van der Waals surface area contributed by atoms with Crippen molar-refractivity contribution >= 4 is 21.6 Å². The predicted molar refractivity (Wildman–Crippen MR) is 107 cm³/mol. The van der Waals surface area contributed by atoms with Crippen molar-refractivity contribution in [1.29, 1.82) is 0 Å². The van der Waals surface area contributed by atoms with Crippen molar-refractivity contribution in [2.24, 2.45) is 0 Å². The molecule has 0 bridgehead atoms. The highest BCUT2D eigenvalue weighted by molar-refractivity contribution is 7.89. The third-order valence-electron chi connectivity index (χ3n) is 4.18. The van der Waals surface area contributed by atoms with E-state index in [2.05, 4.69) is 19.2 Å². The zero-order valence-corrected chi connectivity index (χ0v) is 17.1. The standard InChI is InChI=1S/C20H26N2O4S/c1-14(2)16-7-9-17(10-8-16)26-13-20(23)21-19-12-18(11-6-15(19)3)27(24,25)22(4)5/h6-12,14H,13H2,1-5H3,(H,21,23). The molecule has 0 spiro atoms. The minimum atomic E-state index is -3.57. The van der Waals surface area contributed by atoms with Crippen LogP contribution >= 0.6 is 0 Å². The molecule has 0 unspecified atom stereocenters. The van der Waals surface area contributed by atoms with Crippen LogP contribution in [0.5, 0.6) is 5.75 Å². The lowest BCUT2D eigenvalue weighted by atomic mass is 10.0. The van der Waals surface area contributed by atoms with Crippen molar-refractivity contribution in [2.45, 2.75) is 31.6 Å². The molecule has 1 N–H and O–H groups in total. The van der Waals surface area contributed by atoms with Gasteiger partial charge in [0.25, 0.3) is 5.91 Å². The number of rotatable bonds is 7. The predicted octanol–water partition coefficient (Wildman–Crippen LogP) is 3.39. The molecule has 6 nitrogen and oxygen atoms in total. The van der Waals surface area contributed by atoms with Gasteiger partial charge in [-0.2, -0.15) is 0 Å². The highest BCUT2D eigenvalue weighted by Crippen LogP contribution is 2.22. The van der Waals surface area contributed by atoms with Gasteiger partial charge < -0.3 is 10.1 Å². The summed E-state index contributed by atoms with van der Waals surface area (Å²) in [4.78, 5) is 12.3. The first kappa shape index (κ1) is 20.9. The molecular weight excluding hydrogens is 364 g/mol. The van der Waals surface area contributed by atoms with E-state index in [4.69, 9.17) is 4.74 Å². The summed E-state index contributed by atoms with van der Waals surface area (Å²) < 4.78 is 31.2. The van der Waals surface area contributed by atoms with E-state index in [-0.39, 0.29) is 17.4 Å². The number of carbonyl (C=O) groups is 1. The summed E-state index contributed by atoms with van der Waals surface area (Å²) >= 11 is 0. The molecule has 0 aliphatic rings. The second-order valence-corrected chi connectivity index (χ2v) is 8.98. The van der Waals surface area contributed by atoms with E-state index in [1.807, 2.05) is 24.3 Å². The van der Waals surface area contributed by atoms with Crippen LogP contribution in [0.3, 0.4) is 0 Å². The molecule has 0 aromatic heterocycles. The van der Waals surface area contributed by atoms with Gasteiger partial charge >= 0.3 is 0 Å². The topological polar surface area (TPSA) is 75.7 Å². The Labute approximate surface area is 161 Å². The van der Waals surface area contributed by atoms with E-state index in [0.717, 1.165) is 9.87 Å². The van der Waals surface area contributed by atoms with Gasteiger partial charge in [0.1, 0.15) is 5.75 Å². The fourth-order valence-electron chi connectivity index (χ4n) is 2.39. The molecule has 27 heavy (non-hydrogen) atoms. The lowest BCUT2D eigenvalue weighted by Gasteiger charge is -2.14. The molecule has 2 aromatic rings. The Morgan fingerprint density at radius 2 is 1.74 bits per heavy atom. The van der Waals surface area contributed by atoms with Gasteiger partial charge in [0.15, 0.2) is 6.61 Å². The number of benzene rings is 2. The van der Waals surface area contributed by atoms with Gasteiger partial charge in [-0.1, -0.05) is 32.0 Å². The molecule has 2 rings (SSSR count). The smallest absolute Gasteiger partial charge is 0.262 e. The maximum Gasteiger partial charge on any atom is 0.262 e. The fourth-order valence-corrected chi connectivity index (χ4v) is 3.32. The first-order chi connectivity index (χ1) is 12.6. The van der Waals surface area contributed by atoms with Gasteiger partial charge in [-0.25, -0.2) is 12.7 Å². The molecular formula is C20H26N2O4S. The van der Waals surface area contributed by atoms with Crippen molar-refractivity contribution in [3.05, 3.63) is 53.6 Å². The lowest BCUT2D eigenvalue weighted by molar-refractivity contribution is -0.118. The number of nitrogens with zero attached hydrogens (tertiary/aromatic N) is 1. The van der Waals surface area contributed by atoms with Crippen LogP contribution in [0.4, 0.5) is 5.69 Å². The van der Waals surface area contributed by atoms with E-state index in [0.29, 0.717) is 17.4 Å². The number of anilines is 1. The Morgan fingerprint density at radius 1 is 1.11 bits per heavy atom. The number of ether oxygens (including phenoxy) is 1. The maximum absolute atomic E-state index is 12.3. The molecule has 0 atom stereocenters. The molecule has 0 fully saturated rings. The molecule has 1 amide bonds. The van der Waals surface area contributed by atoms with E-state index >= 15 is 0 Å². The van der Waals surface area contributed by atoms with Gasteiger partial charge in [0.2, 0.25) is 10.0 Å². The Bertz CT molecular complexity index is 904. The van der Waals surface area contributed by atoms with Crippen LogP contribution < -0.4 is 10.1 Å². The van der Waals surface area contributed by atoms with Gasteiger partial charge in [-0.05, 0) is 48.2 Å². The number of carbonyl (C=O) groups excluding carboxylic acids is 1. The monoisotopic (exact) mass is 390 g/mol. The largest absolute Gasteiger partial charge is 0.484 e. The lowest BCUT2D eigenvalue weighted by Crippen LogP contribution is -2.23. The summed E-state index contributed by atoms with van der Waals surface area (Å²) in [7, 11) is -0.639. The highest BCUT2D eigenvalue weighted by atomic mass is 32.2. The number of amides is 1. The third kappa shape index (κ3) is 5.30. The van der Waals surface area contributed by atoms with Crippen molar-refractivity contribution in [3.8, 4) is 5.75 Å². The van der Waals surface area contributed by atoms with Crippen molar-refractivity contribution in [3.63, 3.8) is 0 Å². The molecule has 0 saturated carbocycles. The fraction of sp³-hybridized carbons (Fsp3) is 0.350. The average molecular weight is 391 g/mol. The number of hydrogen-bond donors (Lipinski definition) is 1. The summed E-state index contributed by atoms with van der Waals surface area (Å²) in [5.74, 6) is 0.677. The second-order valence-electron chi connectivity index (χ2n) is 6.82. The first-order valence-electron chi connectivity index (χ1n) is 8.67. The number of sulfonamides is 1. The van der Waals surface area contributed by atoms with Crippen LogP contribution in [0.1, 0.15) is 30.9 Å². The van der Waals surface area contributed by atoms with Crippen molar-refractivity contribution in [2.75, 3.05) is 26.0 Å². The minimum absolute atomic E-state index is 0.124. The van der Waals surface area contributed by atoms with Crippen LogP contribution in [0.2, 0.25) is 0 Å². The summed E-state index contributed by atoms with van der Waals surface area (Å²) in [6.07, 6.45) is 0. The van der Waals surface area contributed by atoms with E-state index in [1.165, 1.54) is 31.8 Å². The van der Waals surface area contributed by atoms with Gasteiger partial charge in [0.05, 0.1) is 4.90 Å². The molecule has 2 aromatic carbocycles. The Balaban J connectivity index is 2.05. The molecule has 0 aliphatic carbocycles. The third-order valence-corrected chi connectivity index (χ3v) is 5.99. The Morgan fingerprint density at radius 3 is 2.30 bits per heavy atom. The van der Waals surface area contributed by atoms with Crippen molar-refractivity contribution < 1.29 is 17.9 Å². The summed E-state index contributed by atoms with van der Waals surface area (Å²) in [5.41, 5.74) is 2.41. The number of hydrogen-bond acceptors (Lipinski definition) is 4. The SMILES string of the molecule is Cc1ccc(S(=O)(=O)N(C)C)cc1NC(=O)COc1ccc(C(C)C)cc1. The summed E-state index contributed by atoms with van der Waals surface area (Å²) in [6.45, 7) is 5.85. The molecule has 0 aliphatic heterocycles. The molecule has 0 radical (unpaired) electrons. The number of nitrogens with one attached hydrogen (secondary N) is 1. The van der Waals surface area contributed by atoms with E-state index in [9.17, 15) is 13.2 Å². The van der Waals surface area contributed by atoms with Crippen LogP contribution in [0.25, 0.3) is 0 Å². The average Bonchev–Trinajstić information content (AvgIpc) is 2.61. The highest BCUT2D eigenvalue weighted by Gasteiger charge is 2.18. The van der Waals surface area contributed by atoms with Crippen LogP contribution in [0.15, 0.2) is 47.4 Å². The van der Waals surface area contributed by atoms with Gasteiger partial charge in [-0.15, -0.1) is 0 Å². The second kappa shape index (κ2) is 8.54. The minimum Gasteiger partial charge on any atom is -0.484 e. The van der Waals surface area contributed by atoms with Crippen LogP contribution in [-0.4, -0.2) is 39.3 Å². The molecule has 146 valence electrons. The summed E-state index contributed by atoms with van der Waals surface area (Å²) in [6, 6.07) is 12.2. The van der Waals surface area contributed by atoms with Crippen LogP contribution in [-0.2, 0) is 14.8 Å². The number of aryl methyl sites for hydroxylation is 1. The van der Waals surface area contributed by atoms with Gasteiger partial charge in [0, 0.05) is 19.8 Å². The zero-order chi connectivity index (χ0) is 20.2. The van der Waals surface area contributed by atoms with Crippen LogP contribution in [0, 0.1) is 6.92 Å². The van der Waals surface area contributed by atoms with Crippen molar-refractivity contribution in [1.82, 2.24) is 4.31 Å². The quantitative estimate of drug-likeness (QED) is 0.786. The first-order valence-corrected chi connectivity index (χ1v) is 10.1. The zero-order valence-electron chi connectivity index (χ0n) is 16.3. The van der Waals surface area contributed by atoms with E-state index in [1.54, 1.807) is 13.0 Å². The normalized spacial score (nSPS) is 11.7. The van der Waals surface area contributed by atoms with Gasteiger partial charge in [-0.3, -0.25) is 4.79 Å². The molecule has 7 heteroatoms. The Kier molecular flexibility index (Phi) is 6.62. The molecule has 0 heterocycles. The maximum atomic E-state index is 12.3.